The van der Waals surface area contributed by atoms with Gasteiger partial charge >= 0.3 is 5.97 Å². The zero-order valence-electron chi connectivity index (χ0n) is 16.5. The van der Waals surface area contributed by atoms with E-state index >= 15 is 0 Å². The van der Waals surface area contributed by atoms with Crippen LogP contribution in [0.3, 0.4) is 0 Å². The summed E-state index contributed by atoms with van der Waals surface area (Å²) in [7, 11) is 1.49. The van der Waals surface area contributed by atoms with E-state index in [1.807, 2.05) is 13.8 Å². The number of nitrogens with one attached hydrogen (secondary N) is 1. The Bertz CT molecular complexity index is 803. The van der Waals surface area contributed by atoms with Crippen LogP contribution in [0.1, 0.15) is 31.1 Å². The Hall–Kier alpha value is -3.22. The highest BCUT2D eigenvalue weighted by atomic mass is 16.5. The van der Waals surface area contributed by atoms with Gasteiger partial charge in [0, 0.05) is 5.69 Å². The highest BCUT2D eigenvalue weighted by Gasteiger charge is 2.20. The Labute approximate surface area is 164 Å². The van der Waals surface area contributed by atoms with Crippen molar-refractivity contribution in [3.05, 3.63) is 48.0 Å². The molecular formula is C21H25NO6. The molecule has 0 aliphatic carbocycles. The van der Waals surface area contributed by atoms with Crippen LogP contribution in [0.4, 0.5) is 5.69 Å². The van der Waals surface area contributed by atoms with Crippen LogP contribution in [0.5, 0.6) is 17.2 Å². The number of carbonyl (C=O) groups is 2. The molecule has 7 nitrogen and oxygen atoms in total. The molecule has 1 amide bonds. The summed E-state index contributed by atoms with van der Waals surface area (Å²) in [5.74, 6) is 0.598. The summed E-state index contributed by atoms with van der Waals surface area (Å²) < 4.78 is 21.3. The predicted octanol–water partition coefficient (Wildman–Crippen LogP) is 3.68. The third kappa shape index (κ3) is 5.64. The van der Waals surface area contributed by atoms with E-state index in [-0.39, 0.29) is 5.56 Å². The number of esters is 1. The zero-order valence-corrected chi connectivity index (χ0v) is 16.5. The number of anilines is 1. The first-order valence-electron chi connectivity index (χ1n) is 9.04. The third-order valence-corrected chi connectivity index (χ3v) is 3.79. The molecule has 0 saturated carbocycles. The molecule has 0 aliphatic rings. The molecule has 150 valence electrons. The normalized spacial score (nSPS) is 11.3. The summed E-state index contributed by atoms with van der Waals surface area (Å²) in [5, 5.41) is 2.70. The Morgan fingerprint density at radius 1 is 0.964 bits per heavy atom. The van der Waals surface area contributed by atoms with E-state index in [1.165, 1.54) is 20.1 Å². The molecule has 1 atom stereocenters. The Morgan fingerprint density at radius 2 is 1.64 bits per heavy atom. The molecule has 0 bridgehead atoms. The van der Waals surface area contributed by atoms with E-state index in [2.05, 4.69) is 5.32 Å². The largest absolute Gasteiger partial charge is 0.494 e. The van der Waals surface area contributed by atoms with Gasteiger partial charge in [-0.2, -0.15) is 0 Å². The average Bonchev–Trinajstić information content (AvgIpc) is 2.70. The number of ether oxygens (including phenoxy) is 4. The quantitative estimate of drug-likeness (QED) is 0.661. The van der Waals surface area contributed by atoms with Crippen molar-refractivity contribution < 1.29 is 28.5 Å². The molecule has 0 heterocycles. The highest BCUT2D eigenvalue weighted by Crippen LogP contribution is 2.28. The van der Waals surface area contributed by atoms with Gasteiger partial charge in [0.2, 0.25) is 0 Å². The van der Waals surface area contributed by atoms with E-state index in [9.17, 15) is 9.59 Å². The van der Waals surface area contributed by atoms with E-state index in [1.54, 1.807) is 36.4 Å². The van der Waals surface area contributed by atoms with Crippen LogP contribution in [0.25, 0.3) is 0 Å². The monoisotopic (exact) mass is 387 g/mol. The molecule has 7 heteroatoms. The maximum Gasteiger partial charge on any atom is 0.339 e. The molecule has 0 unspecified atom stereocenters. The molecule has 0 aliphatic heterocycles. The zero-order chi connectivity index (χ0) is 20.5. The number of methoxy groups -OCH3 is 1. The third-order valence-electron chi connectivity index (χ3n) is 3.79. The molecular weight excluding hydrogens is 362 g/mol. The smallest absolute Gasteiger partial charge is 0.339 e. The van der Waals surface area contributed by atoms with Crippen LogP contribution < -0.4 is 19.5 Å². The Balaban J connectivity index is 1.98. The topological polar surface area (TPSA) is 83.1 Å². The van der Waals surface area contributed by atoms with Gasteiger partial charge in [-0.25, -0.2) is 4.79 Å². The Morgan fingerprint density at radius 3 is 2.25 bits per heavy atom. The standard InChI is InChI=1S/C21H25NO6/c1-5-26-17-10-8-16(9-11-17)22-20(23)14(3)28-21(24)15-7-12-18(27-6-2)19(13-15)25-4/h7-14H,5-6H2,1-4H3,(H,22,23)/t14-/m1/s1. The predicted molar refractivity (Wildman–Crippen MR) is 105 cm³/mol. The molecule has 0 radical (unpaired) electrons. The van der Waals surface area contributed by atoms with E-state index in [4.69, 9.17) is 18.9 Å². The van der Waals surface area contributed by atoms with Crippen LogP contribution in [-0.4, -0.2) is 38.3 Å². The van der Waals surface area contributed by atoms with Gasteiger partial charge in [-0.3, -0.25) is 4.79 Å². The van der Waals surface area contributed by atoms with Gasteiger partial charge < -0.3 is 24.3 Å². The molecule has 0 fully saturated rings. The highest BCUT2D eigenvalue weighted by molar-refractivity contribution is 5.97. The number of rotatable bonds is 9. The molecule has 1 N–H and O–H groups in total. The maximum absolute atomic E-state index is 12.4. The molecule has 28 heavy (non-hydrogen) atoms. The lowest BCUT2D eigenvalue weighted by Gasteiger charge is -2.15. The van der Waals surface area contributed by atoms with E-state index in [0.717, 1.165) is 0 Å². The molecule has 0 aromatic heterocycles. The number of amides is 1. The van der Waals surface area contributed by atoms with Gasteiger partial charge in [0.1, 0.15) is 5.75 Å². The summed E-state index contributed by atoms with van der Waals surface area (Å²) in [6.45, 7) is 6.30. The van der Waals surface area contributed by atoms with Gasteiger partial charge in [-0.1, -0.05) is 0 Å². The van der Waals surface area contributed by atoms with Crippen LogP contribution in [0, 0.1) is 0 Å². The van der Waals surface area contributed by atoms with E-state index < -0.39 is 18.0 Å². The fraction of sp³-hybridized carbons (Fsp3) is 0.333. The number of benzene rings is 2. The molecule has 2 aromatic rings. The summed E-state index contributed by atoms with van der Waals surface area (Å²) in [6.07, 6.45) is -0.975. The lowest BCUT2D eigenvalue weighted by Crippen LogP contribution is -2.30. The summed E-state index contributed by atoms with van der Waals surface area (Å²) in [4.78, 5) is 24.6. The van der Waals surface area contributed by atoms with Crippen molar-refractivity contribution in [2.75, 3.05) is 25.6 Å². The SMILES string of the molecule is CCOc1ccc(NC(=O)[C@@H](C)OC(=O)c2ccc(OCC)c(OC)c2)cc1. The van der Waals surface area contributed by atoms with Crippen molar-refractivity contribution in [1.29, 1.82) is 0 Å². The Kier molecular flexibility index (Phi) is 7.68. The van der Waals surface area contributed by atoms with Crippen molar-refractivity contribution in [3.8, 4) is 17.2 Å². The van der Waals surface area contributed by atoms with Crippen molar-refractivity contribution in [1.82, 2.24) is 0 Å². The second-order valence-corrected chi connectivity index (χ2v) is 5.79. The second-order valence-electron chi connectivity index (χ2n) is 5.79. The number of carbonyl (C=O) groups excluding carboxylic acids is 2. The second kappa shape index (κ2) is 10.2. The van der Waals surface area contributed by atoms with Crippen molar-refractivity contribution in [2.45, 2.75) is 26.9 Å². The minimum atomic E-state index is -0.975. The van der Waals surface area contributed by atoms with Crippen LogP contribution >= 0.6 is 0 Å². The van der Waals surface area contributed by atoms with Crippen LogP contribution in [0.15, 0.2) is 42.5 Å². The summed E-state index contributed by atoms with van der Waals surface area (Å²) in [5.41, 5.74) is 0.847. The van der Waals surface area contributed by atoms with Gasteiger partial charge in [0.25, 0.3) is 5.91 Å². The van der Waals surface area contributed by atoms with E-state index in [0.29, 0.717) is 36.1 Å². The van der Waals surface area contributed by atoms with Gasteiger partial charge in [-0.15, -0.1) is 0 Å². The average molecular weight is 387 g/mol. The van der Waals surface area contributed by atoms with Gasteiger partial charge in [0.15, 0.2) is 17.6 Å². The maximum atomic E-state index is 12.4. The van der Waals surface area contributed by atoms with Crippen molar-refractivity contribution >= 4 is 17.6 Å². The van der Waals surface area contributed by atoms with Crippen molar-refractivity contribution in [3.63, 3.8) is 0 Å². The minimum Gasteiger partial charge on any atom is -0.494 e. The summed E-state index contributed by atoms with van der Waals surface area (Å²) in [6, 6.07) is 11.6. The lowest BCUT2D eigenvalue weighted by atomic mass is 10.2. The molecule has 0 spiro atoms. The number of hydrogen-bond acceptors (Lipinski definition) is 6. The first-order chi connectivity index (χ1) is 13.5. The fourth-order valence-electron chi connectivity index (χ4n) is 2.40. The van der Waals surface area contributed by atoms with Crippen molar-refractivity contribution in [2.24, 2.45) is 0 Å². The first-order valence-corrected chi connectivity index (χ1v) is 9.04. The first kappa shape index (κ1) is 21.1. The van der Waals surface area contributed by atoms with Crippen LogP contribution in [0.2, 0.25) is 0 Å². The lowest BCUT2D eigenvalue weighted by molar-refractivity contribution is -0.123. The number of hydrogen-bond donors (Lipinski definition) is 1. The molecule has 2 aromatic carbocycles. The van der Waals surface area contributed by atoms with Crippen LogP contribution in [-0.2, 0) is 9.53 Å². The molecule has 2 rings (SSSR count). The fourth-order valence-corrected chi connectivity index (χ4v) is 2.40. The summed E-state index contributed by atoms with van der Waals surface area (Å²) >= 11 is 0. The molecule has 0 saturated heterocycles. The minimum absolute atomic E-state index is 0.265. The van der Waals surface area contributed by atoms with Gasteiger partial charge in [-0.05, 0) is 63.2 Å². The van der Waals surface area contributed by atoms with Gasteiger partial charge in [0.05, 0.1) is 25.9 Å².